The standard InChI is InChI=1S/C21H34/c1-4-5-6-7-8-9-11-18-12-10-13-19-14-16-21(2,3)17-15-20(18)19/h10,12-13H,4-9,11,14-17H2,1-3H3. The van der Waals surface area contributed by atoms with Gasteiger partial charge in [-0.25, -0.2) is 0 Å². The summed E-state index contributed by atoms with van der Waals surface area (Å²) in [4.78, 5) is 0. The van der Waals surface area contributed by atoms with E-state index >= 15 is 0 Å². The Hall–Kier alpha value is -0.780. The lowest BCUT2D eigenvalue weighted by Gasteiger charge is -2.21. The number of rotatable bonds is 7. The fraction of sp³-hybridized carbons (Fsp3) is 0.714. The number of aryl methyl sites for hydroxylation is 2. The first-order valence-electron chi connectivity index (χ1n) is 9.22. The Labute approximate surface area is 132 Å². The average Bonchev–Trinajstić information content (AvgIpc) is 2.62. The summed E-state index contributed by atoms with van der Waals surface area (Å²) in [7, 11) is 0. The molecular formula is C21H34. The van der Waals surface area contributed by atoms with E-state index in [2.05, 4.69) is 39.0 Å². The fourth-order valence-corrected chi connectivity index (χ4v) is 3.63. The molecule has 0 fully saturated rings. The topological polar surface area (TPSA) is 0 Å². The van der Waals surface area contributed by atoms with Crippen LogP contribution in [0.25, 0.3) is 0 Å². The van der Waals surface area contributed by atoms with E-state index in [9.17, 15) is 0 Å². The van der Waals surface area contributed by atoms with Crippen LogP contribution in [0.1, 0.15) is 88.8 Å². The molecule has 1 aliphatic rings. The molecule has 0 saturated carbocycles. The Morgan fingerprint density at radius 3 is 2.43 bits per heavy atom. The van der Waals surface area contributed by atoms with Crippen molar-refractivity contribution in [3.63, 3.8) is 0 Å². The molecule has 1 aliphatic carbocycles. The van der Waals surface area contributed by atoms with Gasteiger partial charge in [0.25, 0.3) is 0 Å². The molecule has 118 valence electrons. The molecule has 0 aliphatic heterocycles. The monoisotopic (exact) mass is 286 g/mol. The second-order valence-electron chi connectivity index (χ2n) is 7.74. The van der Waals surface area contributed by atoms with Gasteiger partial charge in [-0.2, -0.15) is 0 Å². The van der Waals surface area contributed by atoms with Crippen LogP contribution < -0.4 is 0 Å². The molecule has 0 spiro atoms. The van der Waals surface area contributed by atoms with Gasteiger partial charge >= 0.3 is 0 Å². The van der Waals surface area contributed by atoms with Crippen LogP contribution in [-0.2, 0) is 19.3 Å². The Morgan fingerprint density at radius 1 is 0.905 bits per heavy atom. The Bertz CT molecular complexity index is 428. The van der Waals surface area contributed by atoms with Crippen molar-refractivity contribution in [3.8, 4) is 0 Å². The zero-order valence-electron chi connectivity index (χ0n) is 14.5. The number of hydrogen-bond acceptors (Lipinski definition) is 0. The van der Waals surface area contributed by atoms with Crippen molar-refractivity contribution < 1.29 is 0 Å². The van der Waals surface area contributed by atoms with Crippen molar-refractivity contribution in [2.75, 3.05) is 0 Å². The van der Waals surface area contributed by atoms with Crippen molar-refractivity contribution in [1.82, 2.24) is 0 Å². The molecule has 21 heavy (non-hydrogen) atoms. The summed E-state index contributed by atoms with van der Waals surface area (Å²) in [6.45, 7) is 7.17. The maximum absolute atomic E-state index is 2.44. The molecule has 0 heteroatoms. The summed E-state index contributed by atoms with van der Waals surface area (Å²) < 4.78 is 0. The van der Waals surface area contributed by atoms with Gasteiger partial charge in [0.2, 0.25) is 0 Å². The highest BCUT2D eigenvalue weighted by Crippen LogP contribution is 2.35. The maximum atomic E-state index is 2.44. The van der Waals surface area contributed by atoms with E-state index in [1.165, 1.54) is 70.6 Å². The van der Waals surface area contributed by atoms with Gasteiger partial charge in [-0.15, -0.1) is 0 Å². The van der Waals surface area contributed by atoms with Gasteiger partial charge < -0.3 is 0 Å². The van der Waals surface area contributed by atoms with Crippen molar-refractivity contribution >= 4 is 0 Å². The zero-order chi connectivity index (χ0) is 15.1. The van der Waals surface area contributed by atoms with E-state index in [0.717, 1.165) is 0 Å². The normalized spacial score (nSPS) is 17.3. The number of fused-ring (bicyclic) bond motifs is 1. The van der Waals surface area contributed by atoms with Gasteiger partial charge in [-0.3, -0.25) is 0 Å². The van der Waals surface area contributed by atoms with Gasteiger partial charge in [-0.1, -0.05) is 71.1 Å². The number of hydrogen-bond donors (Lipinski definition) is 0. The van der Waals surface area contributed by atoms with E-state index in [1.807, 2.05) is 0 Å². The Balaban J connectivity index is 1.90. The largest absolute Gasteiger partial charge is 0.0654 e. The molecule has 1 aromatic carbocycles. The lowest BCUT2D eigenvalue weighted by molar-refractivity contribution is 0.317. The molecule has 0 nitrogen and oxygen atoms in total. The van der Waals surface area contributed by atoms with Crippen LogP contribution in [0.4, 0.5) is 0 Å². The highest BCUT2D eigenvalue weighted by molar-refractivity contribution is 5.36. The second kappa shape index (κ2) is 8.01. The molecular weight excluding hydrogens is 252 g/mol. The van der Waals surface area contributed by atoms with Gasteiger partial charge in [0.1, 0.15) is 0 Å². The number of unbranched alkanes of at least 4 members (excludes halogenated alkanes) is 5. The van der Waals surface area contributed by atoms with Crippen molar-refractivity contribution in [3.05, 3.63) is 34.9 Å². The smallest absolute Gasteiger partial charge is 0.0268 e. The molecule has 1 aromatic rings. The molecule has 0 amide bonds. The molecule has 0 aromatic heterocycles. The summed E-state index contributed by atoms with van der Waals surface area (Å²) in [5.74, 6) is 0. The molecule has 0 heterocycles. The van der Waals surface area contributed by atoms with Gasteiger partial charge in [0, 0.05) is 0 Å². The van der Waals surface area contributed by atoms with Crippen LogP contribution >= 0.6 is 0 Å². The van der Waals surface area contributed by atoms with Crippen LogP contribution in [0.3, 0.4) is 0 Å². The van der Waals surface area contributed by atoms with E-state index in [1.54, 1.807) is 16.7 Å². The average molecular weight is 287 g/mol. The Kier molecular flexibility index (Phi) is 6.33. The molecule has 0 unspecified atom stereocenters. The summed E-state index contributed by atoms with van der Waals surface area (Å²) in [5.41, 5.74) is 5.53. The summed E-state index contributed by atoms with van der Waals surface area (Å²) in [6, 6.07) is 7.06. The summed E-state index contributed by atoms with van der Waals surface area (Å²) >= 11 is 0. The quantitative estimate of drug-likeness (QED) is 0.397. The molecule has 0 N–H and O–H groups in total. The van der Waals surface area contributed by atoms with Gasteiger partial charge in [0.05, 0.1) is 0 Å². The van der Waals surface area contributed by atoms with E-state index < -0.39 is 0 Å². The first-order valence-corrected chi connectivity index (χ1v) is 9.22. The lowest BCUT2D eigenvalue weighted by atomic mass is 9.84. The maximum Gasteiger partial charge on any atom is -0.0268 e. The number of benzene rings is 1. The van der Waals surface area contributed by atoms with E-state index in [-0.39, 0.29) is 0 Å². The van der Waals surface area contributed by atoms with Crippen LogP contribution in [0, 0.1) is 5.41 Å². The van der Waals surface area contributed by atoms with Crippen LogP contribution in [-0.4, -0.2) is 0 Å². The zero-order valence-corrected chi connectivity index (χ0v) is 14.5. The molecule has 0 radical (unpaired) electrons. The van der Waals surface area contributed by atoms with Gasteiger partial charge in [-0.05, 0) is 60.6 Å². The third kappa shape index (κ3) is 5.16. The van der Waals surface area contributed by atoms with Crippen LogP contribution in [0.2, 0.25) is 0 Å². The molecule has 0 saturated heterocycles. The minimum absolute atomic E-state index is 0.524. The lowest BCUT2D eigenvalue weighted by Crippen LogP contribution is -2.10. The fourth-order valence-electron chi connectivity index (χ4n) is 3.63. The SMILES string of the molecule is CCCCCCCCc1cccc2c1CCC(C)(C)CC2. The molecule has 0 bridgehead atoms. The summed E-state index contributed by atoms with van der Waals surface area (Å²) in [5, 5.41) is 0. The van der Waals surface area contributed by atoms with Crippen molar-refractivity contribution in [1.29, 1.82) is 0 Å². The van der Waals surface area contributed by atoms with E-state index in [0.29, 0.717) is 5.41 Å². The van der Waals surface area contributed by atoms with Crippen molar-refractivity contribution in [2.45, 2.75) is 91.4 Å². The first kappa shape index (κ1) is 16.6. The van der Waals surface area contributed by atoms with Crippen LogP contribution in [0.15, 0.2) is 18.2 Å². The third-order valence-corrected chi connectivity index (χ3v) is 5.29. The minimum atomic E-state index is 0.524. The second-order valence-corrected chi connectivity index (χ2v) is 7.74. The highest BCUT2D eigenvalue weighted by Gasteiger charge is 2.23. The molecule has 2 rings (SSSR count). The van der Waals surface area contributed by atoms with Crippen molar-refractivity contribution in [2.24, 2.45) is 5.41 Å². The van der Waals surface area contributed by atoms with E-state index in [4.69, 9.17) is 0 Å². The predicted molar refractivity (Wildman–Crippen MR) is 93.9 cm³/mol. The van der Waals surface area contributed by atoms with Crippen LogP contribution in [0.5, 0.6) is 0 Å². The predicted octanol–water partition coefficient (Wildman–Crippen LogP) is 6.49. The summed E-state index contributed by atoms with van der Waals surface area (Å²) in [6.07, 6.45) is 15.0. The highest BCUT2D eigenvalue weighted by atomic mass is 14.3. The third-order valence-electron chi connectivity index (χ3n) is 5.29. The Morgan fingerprint density at radius 2 is 1.62 bits per heavy atom. The molecule has 0 atom stereocenters. The minimum Gasteiger partial charge on any atom is -0.0654 e. The van der Waals surface area contributed by atoms with Gasteiger partial charge in [0.15, 0.2) is 0 Å². The first-order chi connectivity index (χ1) is 10.1.